The van der Waals surface area contributed by atoms with Gasteiger partial charge in [0.1, 0.15) is 0 Å². The summed E-state index contributed by atoms with van der Waals surface area (Å²) in [4.78, 5) is 21.6. The molecule has 0 bridgehead atoms. The summed E-state index contributed by atoms with van der Waals surface area (Å²) in [5.74, 6) is 0.500. The minimum absolute atomic E-state index is 0.192. The van der Waals surface area contributed by atoms with Gasteiger partial charge in [0.2, 0.25) is 11.9 Å². The fourth-order valence-corrected chi connectivity index (χ4v) is 3.21. The molecule has 6 nitrogen and oxygen atoms in total. The molecule has 0 spiro atoms. The second-order valence-electron chi connectivity index (χ2n) is 6.06. The van der Waals surface area contributed by atoms with Gasteiger partial charge >= 0.3 is 0 Å². The van der Waals surface area contributed by atoms with Crippen LogP contribution in [0.1, 0.15) is 16.7 Å². The van der Waals surface area contributed by atoms with Gasteiger partial charge in [0.15, 0.2) is 0 Å². The number of aromatic amines is 1. The van der Waals surface area contributed by atoms with E-state index in [1.54, 1.807) is 5.48 Å². The van der Waals surface area contributed by atoms with Gasteiger partial charge < -0.3 is 9.88 Å². The van der Waals surface area contributed by atoms with E-state index in [0.717, 1.165) is 42.1 Å². The van der Waals surface area contributed by atoms with Crippen LogP contribution in [0, 0.1) is 0 Å². The smallest absolute Gasteiger partial charge is 0.247 e. The monoisotopic (exact) mass is 322 g/mol. The Balaban J connectivity index is 1.56. The van der Waals surface area contributed by atoms with E-state index in [2.05, 4.69) is 27.0 Å². The number of hydroxylamine groups is 1. The Hall–Kier alpha value is -2.86. The third kappa shape index (κ3) is 2.72. The van der Waals surface area contributed by atoms with Crippen LogP contribution < -0.4 is 10.4 Å². The molecule has 2 aromatic carbocycles. The summed E-state index contributed by atoms with van der Waals surface area (Å²) in [6.45, 7) is 1.67. The standard InChI is InChI=1S/C18H18N4O2/c23-17(21-24)10-12-5-6-14-11-22(8-7-13(14)9-12)18-19-15-3-1-2-4-16(15)20-18/h1-6,9,24H,7-8,10-11H2,(H,19,20)(H,21,23). The van der Waals surface area contributed by atoms with Crippen molar-refractivity contribution in [1.82, 2.24) is 15.4 Å². The lowest BCUT2D eigenvalue weighted by Crippen LogP contribution is -2.31. The molecule has 6 heteroatoms. The zero-order chi connectivity index (χ0) is 16.5. The number of para-hydroxylation sites is 2. The quantitative estimate of drug-likeness (QED) is 0.510. The number of rotatable bonds is 3. The highest BCUT2D eigenvalue weighted by Gasteiger charge is 2.19. The average molecular weight is 322 g/mol. The van der Waals surface area contributed by atoms with Crippen molar-refractivity contribution in [2.24, 2.45) is 0 Å². The van der Waals surface area contributed by atoms with E-state index >= 15 is 0 Å². The Kier molecular flexibility index (Phi) is 3.66. The van der Waals surface area contributed by atoms with Crippen LogP contribution >= 0.6 is 0 Å². The number of benzene rings is 2. The van der Waals surface area contributed by atoms with Gasteiger partial charge in [-0.3, -0.25) is 10.0 Å². The summed E-state index contributed by atoms with van der Waals surface area (Å²) in [5, 5.41) is 8.64. The van der Waals surface area contributed by atoms with E-state index in [0.29, 0.717) is 0 Å². The van der Waals surface area contributed by atoms with Crippen LogP contribution in [0.5, 0.6) is 0 Å². The first-order valence-electron chi connectivity index (χ1n) is 7.96. The molecule has 0 unspecified atom stereocenters. The summed E-state index contributed by atoms with van der Waals surface area (Å²) < 4.78 is 0. The summed E-state index contributed by atoms with van der Waals surface area (Å²) in [6.07, 6.45) is 1.10. The number of hydrogen-bond donors (Lipinski definition) is 3. The lowest BCUT2D eigenvalue weighted by molar-refractivity contribution is -0.128. The minimum atomic E-state index is -0.394. The molecule has 1 aliphatic rings. The van der Waals surface area contributed by atoms with Crippen molar-refractivity contribution in [1.29, 1.82) is 0 Å². The summed E-state index contributed by atoms with van der Waals surface area (Å²) >= 11 is 0. The van der Waals surface area contributed by atoms with Gasteiger partial charge in [0.05, 0.1) is 17.5 Å². The zero-order valence-corrected chi connectivity index (χ0v) is 13.1. The number of carbonyl (C=O) groups is 1. The number of anilines is 1. The first-order valence-corrected chi connectivity index (χ1v) is 7.96. The number of H-pyrrole nitrogens is 1. The normalized spacial score (nSPS) is 13.8. The molecule has 0 saturated heterocycles. The van der Waals surface area contributed by atoms with E-state index in [9.17, 15) is 4.79 Å². The van der Waals surface area contributed by atoms with E-state index in [1.807, 2.05) is 30.3 Å². The van der Waals surface area contributed by atoms with Crippen LogP contribution in [0.4, 0.5) is 5.95 Å². The number of carbonyl (C=O) groups excluding carboxylic acids is 1. The zero-order valence-electron chi connectivity index (χ0n) is 13.1. The van der Waals surface area contributed by atoms with Gasteiger partial charge in [-0.05, 0) is 35.2 Å². The van der Waals surface area contributed by atoms with Gasteiger partial charge in [-0.1, -0.05) is 30.3 Å². The van der Waals surface area contributed by atoms with Crippen LogP contribution in [0.25, 0.3) is 11.0 Å². The van der Waals surface area contributed by atoms with Crippen molar-refractivity contribution in [2.45, 2.75) is 19.4 Å². The maximum Gasteiger partial charge on any atom is 0.247 e. The number of nitrogens with one attached hydrogen (secondary N) is 2. The van der Waals surface area contributed by atoms with Crippen LogP contribution in [-0.2, 0) is 24.2 Å². The third-order valence-electron chi connectivity index (χ3n) is 4.45. The third-order valence-corrected chi connectivity index (χ3v) is 4.45. The number of imidazole rings is 1. The highest BCUT2D eigenvalue weighted by molar-refractivity contribution is 5.78. The van der Waals surface area contributed by atoms with Crippen molar-refractivity contribution in [2.75, 3.05) is 11.4 Å². The molecule has 122 valence electrons. The fraction of sp³-hybridized carbons (Fsp3) is 0.222. The average Bonchev–Trinajstić information content (AvgIpc) is 3.05. The van der Waals surface area contributed by atoms with Gasteiger partial charge in [-0.2, -0.15) is 0 Å². The van der Waals surface area contributed by atoms with Crippen LogP contribution in [0.15, 0.2) is 42.5 Å². The molecule has 4 rings (SSSR count). The van der Waals surface area contributed by atoms with Crippen LogP contribution in [0.3, 0.4) is 0 Å². The maximum absolute atomic E-state index is 11.3. The Morgan fingerprint density at radius 1 is 1.25 bits per heavy atom. The number of fused-ring (bicyclic) bond motifs is 2. The van der Waals surface area contributed by atoms with E-state index in [1.165, 1.54) is 11.1 Å². The molecule has 3 aromatic rings. The molecule has 0 radical (unpaired) electrons. The molecule has 1 aromatic heterocycles. The summed E-state index contributed by atoms with van der Waals surface area (Å²) in [6, 6.07) is 14.1. The molecular weight excluding hydrogens is 304 g/mol. The van der Waals surface area contributed by atoms with Gasteiger partial charge in [-0.15, -0.1) is 0 Å². The summed E-state index contributed by atoms with van der Waals surface area (Å²) in [7, 11) is 0. The Bertz CT molecular complexity index is 870. The molecule has 0 atom stereocenters. The fourth-order valence-electron chi connectivity index (χ4n) is 3.21. The summed E-state index contributed by atoms with van der Waals surface area (Å²) in [5.41, 5.74) is 7.11. The van der Waals surface area contributed by atoms with Gasteiger partial charge in [-0.25, -0.2) is 10.5 Å². The second-order valence-corrected chi connectivity index (χ2v) is 6.06. The number of amides is 1. The molecule has 24 heavy (non-hydrogen) atoms. The molecule has 0 fully saturated rings. The predicted molar refractivity (Wildman–Crippen MR) is 90.9 cm³/mol. The Morgan fingerprint density at radius 2 is 2.12 bits per heavy atom. The van der Waals surface area contributed by atoms with Gasteiger partial charge in [0.25, 0.3) is 0 Å². The molecule has 1 amide bonds. The van der Waals surface area contributed by atoms with E-state index in [-0.39, 0.29) is 6.42 Å². The van der Waals surface area contributed by atoms with Crippen LogP contribution in [0.2, 0.25) is 0 Å². The first-order chi connectivity index (χ1) is 11.7. The molecule has 0 saturated carbocycles. The number of nitrogens with zero attached hydrogens (tertiary/aromatic N) is 2. The van der Waals surface area contributed by atoms with Gasteiger partial charge in [0, 0.05) is 13.1 Å². The van der Waals surface area contributed by atoms with Crippen molar-refractivity contribution in [3.8, 4) is 0 Å². The highest BCUT2D eigenvalue weighted by atomic mass is 16.5. The van der Waals surface area contributed by atoms with Crippen molar-refractivity contribution < 1.29 is 10.0 Å². The van der Waals surface area contributed by atoms with E-state index in [4.69, 9.17) is 5.21 Å². The Labute approximate surface area is 139 Å². The van der Waals surface area contributed by atoms with Crippen LogP contribution in [-0.4, -0.2) is 27.6 Å². The first kappa shape index (κ1) is 14.7. The maximum atomic E-state index is 11.3. The molecular formula is C18H18N4O2. The van der Waals surface area contributed by atoms with E-state index < -0.39 is 5.91 Å². The molecule has 3 N–H and O–H groups in total. The Morgan fingerprint density at radius 3 is 2.96 bits per heavy atom. The lowest BCUT2D eigenvalue weighted by atomic mass is 9.96. The topological polar surface area (TPSA) is 81.2 Å². The second kappa shape index (κ2) is 5.98. The molecule has 2 heterocycles. The highest BCUT2D eigenvalue weighted by Crippen LogP contribution is 2.25. The SMILES string of the molecule is O=C(Cc1ccc2c(c1)CCN(c1nc3ccccc3[nH]1)C2)NO. The minimum Gasteiger partial charge on any atom is -0.338 e. The predicted octanol–water partition coefficient (Wildman–Crippen LogP) is 2.17. The van der Waals surface area contributed by atoms with Crippen molar-refractivity contribution in [3.05, 3.63) is 59.2 Å². The number of hydrogen-bond acceptors (Lipinski definition) is 4. The molecule has 1 aliphatic heterocycles. The lowest BCUT2D eigenvalue weighted by Gasteiger charge is -2.28. The number of aromatic nitrogens is 2. The largest absolute Gasteiger partial charge is 0.338 e. The molecule has 0 aliphatic carbocycles. The van der Waals surface area contributed by atoms with Crippen molar-refractivity contribution in [3.63, 3.8) is 0 Å². The van der Waals surface area contributed by atoms with Crippen molar-refractivity contribution >= 4 is 22.9 Å².